The lowest BCUT2D eigenvalue weighted by atomic mass is 10.1. The molecule has 8 heteroatoms. The first-order valence-electron chi connectivity index (χ1n) is 10.3. The average Bonchev–Trinajstić information content (AvgIpc) is 3.24. The minimum Gasteiger partial charge on any atom is -0.374 e. The first kappa shape index (κ1) is 20.7. The van der Waals surface area contributed by atoms with Crippen LogP contribution in [-0.4, -0.2) is 27.5 Å². The Hall–Kier alpha value is -3.52. The summed E-state index contributed by atoms with van der Waals surface area (Å²) in [4.78, 5) is 41.9. The largest absolute Gasteiger partial charge is 0.374 e. The first-order chi connectivity index (χ1) is 14.9. The zero-order valence-corrected chi connectivity index (χ0v) is 17.5. The van der Waals surface area contributed by atoms with Gasteiger partial charge in [-0.3, -0.25) is 29.8 Å². The molecule has 0 saturated heterocycles. The Morgan fingerprint density at radius 1 is 1.06 bits per heavy atom. The number of aromatic nitrogens is 2. The maximum Gasteiger partial charge on any atom is 0.269 e. The molecule has 1 aliphatic rings. The van der Waals surface area contributed by atoms with Gasteiger partial charge in [-0.15, -0.1) is 0 Å². The number of nitrogens with one attached hydrogen (secondary N) is 2. The number of hydrogen-bond acceptors (Lipinski definition) is 5. The number of rotatable bonds is 5. The molecular formula is C23H24N4O4. The van der Waals surface area contributed by atoms with Crippen molar-refractivity contribution < 1.29 is 14.3 Å². The highest BCUT2D eigenvalue weighted by molar-refractivity contribution is 6.00. The summed E-state index contributed by atoms with van der Waals surface area (Å²) >= 11 is 0. The third-order valence-electron chi connectivity index (χ3n) is 5.17. The molecule has 0 fully saturated rings. The van der Waals surface area contributed by atoms with Gasteiger partial charge in [0.05, 0.1) is 23.6 Å². The molecule has 1 aromatic heterocycles. The van der Waals surface area contributed by atoms with Crippen LogP contribution in [0.1, 0.15) is 52.4 Å². The number of fused-ring (bicyclic) bond motifs is 2. The number of amides is 2. The molecule has 2 amide bonds. The van der Waals surface area contributed by atoms with Crippen LogP contribution in [-0.2, 0) is 24.3 Å². The van der Waals surface area contributed by atoms with E-state index in [0.717, 1.165) is 24.2 Å². The summed E-state index contributed by atoms with van der Waals surface area (Å²) in [6.45, 7) is 5.07. The van der Waals surface area contributed by atoms with Crippen molar-refractivity contribution in [3.63, 3.8) is 0 Å². The number of carbonyl (C=O) groups excluding carboxylic acids is 2. The van der Waals surface area contributed by atoms with Crippen molar-refractivity contribution in [3.05, 3.63) is 75.3 Å². The maximum absolute atomic E-state index is 12.5. The Labute approximate surface area is 179 Å². The molecule has 0 unspecified atom stereocenters. The number of nitrogens with zero attached hydrogens (tertiary/aromatic N) is 2. The number of carbonyl (C=O) groups is 2. The molecule has 0 aliphatic carbocycles. The fourth-order valence-electron chi connectivity index (χ4n) is 3.50. The van der Waals surface area contributed by atoms with E-state index in [1.54, 1.807) is 34.9 Å². The van der Waals surface area contributed by atoms with Crippen LogP contribution in [0.3, 0.4) is 0 Å². The third-order valence-corrected chi connectivity index (χ3v) is 5.17. The van der Waals surface area contributed by atoms with Crippen LogP contribution in [0.15, 0.2) is 47.3 Å². The molecule has 31 heavy (non-hydrogen) atoms. The highest BCUT2D eigenvalue weighted by Gasteiger charge is 2.17. The molecule has 2 heterocycles. The van der Waals surface area contributed by atoms with Crippen molar-refractivity contribution in [3.8, 4) is 0 Å². The number of benzene rings is 2. The van der Waals surface area contributed by atoms with E-state index in [-0.39, 0.29) is 11.7 Å². The van der Waals surface area contributed by atoms with Crippen LogP contribution in [0.4, 0.5) is 0 Å². The predicted molar refractivity (Wildman–Crippen MR) is 116 cm³/mol. The van der Waals surface area contributed by atoms with Crippen molar-refractivity contribution in [2.75, 3.05) is 0 Å². The molecule has 8 nitrogen and oxygen atoms in total. The summed E-state index contributed by atoms with van der Waals surface area (Å²) in [7, 11) is 0. The van der Waals surface area contributed by atoms with Crippen molar-refractivity contribution in [2.45, 2.75) is 45.9 Å². The van der Waals surface area contributed by atoms with Gasteiger partial charge < -0.3 is 4.74 Å². The smallest absolute Gasteiger partial charge is 0.269 e. The monoisotopic (exact) mass is 420 g/mol. The summed E-state index contributed by atoms with van der Waals surface area (Å²) in [5, 5.41) is 0.479. The number of ether oxygens (including phenoxy) is 1. The van der Waals surface area contributed by atoms with Crippen LogP contribution in [0.2, 0.25) is 0 Å². The second-order valence-corrected chi connectivity index (χ2v) is 7.79. The van der Waals surface area contributed by atoms with Gasteiger partial charge in [0.1, 0.15) is 5.82 Å². The topological polar surface area (TPSA) is 102 Å². The van der Waals surface area contributed by atoms with Crippen LogP contribution >= 0.6 is 0 Å². The molecule has 0 saturated carbocycles. The molecule has 2 N–H and O–H groups in total. The first-order valence-corrected chi connectivity index (χ1v) is 10.3. The van der Waals surface area contributed by atoms with E-state index >= 15 is 0 Å². The normalized spacial score (nSPS) is 12.7. The van der Waals surface area contributed by atoms with E-state index in [4.69, 9.17) is 4.74 Å². The molecule has 3 aromatic rings. The lowest BCUT2D eigenvalue weighted by Gasteiger charge is -2.10. The maximum atomic E-state index is 12.5. The van der Waals surface area contributed by atoms with Gasteiger partial charge in [-0.1, -0.05) is 12.1 Å². The summed E-state index contributed by atoms with van der Waals surface area (Å²) in [6.07, 6.45) is 1.77. The fraction of sp³-hybridized carbons (Fsp3) is 0.304. The van der Waals surface area contributed by atoms with Crippen LogP contribution in [0, 0.1) is 0 Å². The van der Waals surface area contributed by atoms with Crippen molar-refractivity contribution >= 4 is 22.7 Å². The quantitative estimate of drug-likeness (QED) is 0.617. The summed E-state index contributed by atoms with van der Waals surface area (Å²) in [5.41, 5.74) is 6.90. The number of hydrogen-bond donors (Lipinski definition) is 2. The Kier molecular flexibility index (Phi) is 5.81. The van der Waals surface area contributed by atoms with Crippen LogP contribution in [0.5, 0.6) is 0 Å². The fourth-order valence-corrected chi connectivity index (χ4v) is 3.50. The standard InChI is InChI=1S/C23H24N4O4/c1-14(2)31-13-15-5-7-16(8-6-15)21(28)25-26-22(29)17-9-10-18-19(12-17)24-20-4-3-11-27(20)23(18)30/h5-10,12,14H,3-4,11,13H2,1-2H3,(H,25,28)(H,26,29). The minimum atomic E-state index is -0.486. The van der Waals surface area contributed by atoms with Crippen molar-refractivity contribution in [2.24, 2.45) is 0 Å². The van der Waals surface area contributed by atoms with Gasteiger partial charge >= 0.3 is 0 Å². The zero-order chi connectivity index (χ0) is 22.0. The van der Waals surface area contributed by atoms with E-state index in [1.165, 1.54) is 0 Å². The summed E-state index contributed by atoms with van der Waals surface area (Å²) in [5.74, 6) is -0.176. The average molecular weight is 420 g/mol. The Balaban J connectivity index is 1.41. The van der Waals surface area contributed by atoms with Gasteiger partial charge in [-0.05, 0) is 56.2 Å². The molecule has 1 aliphatic heterocycles. The third kappa shape index (κ3) is 4.49. The van der Waals surface area contributed by atoms with Gasteiger partial charge in [0.15, 0.2) is 0 Å². The van der Waals surface area contributed by atoms with E-state index in [0.29, 0.717) is 35.2 Å². The molecule has 0 bridgehead atoms. The van der Waals surface area contributed by atoms with E-state index in [2.05, 4.69) is 15.8 Å². The van der Waals surface area contributed by atoms with E-state index < -0.39 is 11.8 Å². The van der Waals surface area contributed by atoms with Crippen molar-refractivity contribution in [1.82, 2.24) is 20.4 Å². The lowest BCUT2D eigenvalue weighted by Crippen LogP contribution is -2.41. The molecule has 160 valence electrons. The Morgan fingerprint density at radius 3 is 2.45 bits per heavy atom. The molecule has 0 radical (unpaired) electrons. The van der Waals surface area contributed by atoms with E-state index in [9.17, 15) is 14.4 Å². The number of aryl methyl sites for hydroxylation is 1. The Bertz CT molecular complexity index is 1200. The second kappa shape index (κ2) is 8.69. The van der Waals surface area contributed by atoms with Gasteiger partial charge in [0, 0.05) is 24.1 Å². The van der Waals surface area contributed by atoms with Crippen LogP contribution < -0.4 is 16.4 Å². The van der Waals surface area contributed by atoms with E-state index in [1.807, 2.05) is 26.0 Å². The van der Waals surface area contributed by atoms with Crippen molar-refractivity contribution in [1.29, 1.82) is 0 Å². The zero-order valence-electron chi connectivity index (χ0n) is 17.5. The summed E-state index contributed by atoms with van der Waals surface area (Å²) in [6, 6.07) is 11.7. The Morgan fingerprint density at radius 2 is 1.74 bits per heavy atom. The summed E-state index contributed by atoms with van der Waals surface area (Å²) < 4.78 is 7.22. The lowest BCUT2D eigenvalue weighted by molar-refractivity contribution is 0.0656. The highest BCUT2D eigenvalue weighted by Crippen LogP contribution is 2.16. The molecule has 4 rings (SSSR count). The van der Waals surface area contributed by atoms with Gasteiger partial charge in [0.2, 0.25) is 0 Å². The molecule has 0 spiro atoms. The molecule has 0 atom stereocenters. The molecular weight excluding hydrogens is 396 g/mol. The molecule has 2 aromatic carbocycles. The van der Waals surface area contributed by atoms with Crippen LogP contribution in [0.25, 0.3) is 10.9 Å². The number of hydrazine groups is 1. The minimum absolute atomic E-state index is 0.0833. The predicted octanol–water partition coefficient (Wildman–Crippen LogP) is 2.34. The van der Waals surface area contributed by atoms with Gasteiger partial charge in [-0.25, -0.2) is 4.98 Å². The van der Waals surface area contributed by atoms with Gasteiger partial charge in [0.25, 0.3) is 17.4 Å². The highest BCUT2D eigenvalue weighted by atomic mass is 16.5. The SMILES string of the molecule is CC(C)OCc1ccc(C(=O)NNC(=O)c2ccc3c(=O)n4c(nc3c2)CCC4)cc1. The second-order valence-electron chi connectivity index (χ2n) is 7.79. The van der Waals surface area contributed by atoms with Gasteiger partial charge in [-0.2, -0.15) is 0 Å².